The van der Waals surface area contributed by atoms with Gasteiger partial charge in [0.05, 0.1) is 12.7 Å². The molecule has 1 saturated carbocycles. The van der Waals surface area contributed by atoms with E-state index in [1.54, 1.807) is 7.11 Å². The predicted molar refractivity (Wildman–Crippen MR) is 100 cm³/mol. The van der Waals surface area contributed by atoms with Gasteiger partial charge in [0.15, 0.2) is 0 Å². The van der Waals surface area contributed by atoms with Crippen molar-refractivity contribution in [2.45, 2.75) is 18.4 Å². The number of ether oxygens (including phenoxy) is 1. The lowest BCUT2D eigenvalue weighted by Crippen LogP contribution is -2.35. The third-order valence-electron chi connectivity index (χ3n) is 5.70. The third-order valence-corrected chi connectivity index (χ3v) is 5.70. The van der Waals surface area contributed by atoms with Crippen molar-refractivity contribution in [1.29, 1.82) is 0 Å². The molecule has 0 spiro atoms. The summed E-state index contributed by atoms with van der Waals surface area (Å²) < 4.78 is 5.29. The number of para-hydroxylation sites is 1. The molecule has 26 heavy (non-hydrogen) atoms. The Labute approximate surface area is 153 Å². The number of benzene rings is 2. The number of amides is 2. The van der Waals surface area contributed by atoms with E-state index < -0.39 is 5.60 Å². The lowest BCUT2D eigenvalue weighted by molar-refractivity contribution is 0.0326. The van der Waals surface area contributed by atoms with Gasteiger partial charge in [-0.3, -0.25) is 0 Å². The Kier molecular flexibility index (Phi) is 4.32. The molecule has 2 atom stereocenters. The van der Waals surface area contributed by atoms with Gasteiger partial charge < -0.3 is 20.1 Å². The molecule has 5 nitrogen and oxygen atoms in total. The van der Waals surface area contributed by atoms with Gasteiger partial charge in [0.1, 0.15) is 5.75 Å². The molecule has 0 aromatic heterocycles. The number of urea groups is 1. The Morgan fingerprint density at radius 3 is 2.46 bits per heavy atom. The maximum atomic E-state index is 12.5. The Bertz CT molecular complexity index is 779. The molecule has 1 heterocycles. The molecule has 2 aromatic rings. The monoisotopic (exact) mass is 352 g/mol. The maximum absolute atomic E-state index is 12.5. The van der Waals surface area contributed by atoms with Crippen molar-refractivity contribution in [3.8, 4) is 5.75 Å². The molecule has 0 radical (unpaired) electrons. The molecule has 2 unspecified atom stereocenters. The van der Waals surface area contributed by atoms with Crippen LogP contribution in [0.1, 0.15) is 18.4 Å². The van der Waals surface area contributed by atoms with Gasteiger partial charge in [-0.1, -0.05) is 30.3 Å². The zero-order valence-corrected chi connectivity index (χ0v) is 14.9. The summed E-state index contributed by atoms with van der Waals surface area (Å²) in [5.74, 6) is 1.41. The Hall–Kier alpha value is -2.53. The molecule has 0 bridgehead atoms. The molecule has 2 fully saturated rings. The fraction of sp³-hybridized carbons (Fsp3) is 0.381. The van der Waals surface area contributed by atoms with Gasteiger partial charge in [0.25, 0.3) is 0 Å². The van der Waals surface area contributed by atoms with Crippen molar-refractivity contribution in [3.63, 3.8) is 0 Å². The van der Waals surface area contributed by atoms with E-state index in [1.165, 1.54) is 0 Å². The number of nitrogens with zero attached hydrogens (tertiary/aromatic N) is 1. The number of methoxy groups -OCH3 is 1. The van der Waals surface area contributed by atoms with Crippen molar-refractivity contribution < 1.29 is 14.6 Å². The standard InChI is InChI=1S/C21H24N2O3/c1-26-19-9-5-6-17(10-19)21(25)11-15-13-23(14-16(15)12-21)20(24)22-18-7-3-2-4-8-18/h2-10,15-16,25H,11-14H2,1H3,(H,22,24). The number of fused-ring (bicyclic) bond motifs is 1. The van der Waals surface area contributed by atoms with E-state index in [0.717, 1.165) is 17.0 Å². The SMILES string of the molecule is COc1cccc(C2(O)CC3CN(C(=O)Nc4ccccc4)CC3C2)c1. The molecule has 4 rings (SSSR count). The van der Waals surface area contributed by atoms with Crippen molar-refractivity contribution in [2.75, 3.05) is 25.5 Å². The topological polar surface area (TPSA) is 61.8 Å². The van der Waals surface area contributed by atoms with Gasteiger partial charge >= 0.3 is 6.03 Å². The molecule has 2 aliphatic rings. The smallest absolute Gasteiger partial charge is 0.321 e. The van der Waals surface area contributed by atoms with Crippen molar-refractivity contribution in [3.05, 3.63) is 60.2 Å². The van der Waals surface area contributed by atoms with Gasteiger partial charge in [0.2, 0.25) is 0 Å². The summed E-state index contributed by atoms with van der Waals surface area (Å²) in [7, 11) is 1.63. The minimum Gasteiger partial charge on any atom is -0.497 e. The van der Waals surface area contributed by atoms with Crippen LogP contribution in [0.15, 0.2) is 54.6 Å². The van der Waals surface area contributed by atoms with Crippen LogP contribution in [0.5, 0.6) is 5.75 Å². The van der Waals surface area contributed by atoms with Crippen LogP contribution in [0.2, 0.25) is 0 Å². The number of rotatable bonds is 3. The first-order chi connectivity index (χ1) is 12.6. The second kappa shape index (κ2) is 6.65. The van der Waals surface area contributed by atoms with Crippen LogP contribution >= 0.6 is 0 Å². The first-order valence-corrected chi connectivity index (χ1v) is 9.05. The maximum Gasteiger partial charge on any atom is 0.321 e. The van der Waals surface area contributed by atoms with Crippen molar-refractivity contribution in [2.24, 2.45) is 11.8 Å². The second-order valence-electron chi connectivity index (χ2n) is 7.39. The fourth-order valence-corrected chi connectivity index (χ4v) is 4.39. The second-order valence-corrected chi connectivity index (χ2v) is 7.39. The molecular weight excluding hydrogens is 328 g/mol. The molecule has 1 aliphatic carbocycles. The van der Waals surface area contributed by atoms with Gasteiger partial charge in [-0.2, -0.15) is 0 Å². The third kappa shape index (κ3) is 3.15. The number of carbonyl (C=O) groups excluding carboxylic acids is 1. The van der Waals surface area contributed by atoms with Crippen molar-refractivity contribution >= 4 is 11.7 Å². The number of hydrogen-bond acceptors (Lipinski definition) is 3. The van der Waals surface area contributed by atoms with E-state index in [-0.39, 0.29) is 6.03 Å². The van der Waals surface area contributed by atoms with E-state index in [0.29, 0.717) is 37.8 Å². The highest BCUT2D eigenvalue weighted by molar-refractivity contribution is 5.89. The molecule has 136 valence electrons. The highest BCUT2D eigenvalue weighted by Gasteiger charge is 2.50. The summed E-state index contributed by atoms with van der Waals surface area (Å²) >= 11 is 0. The van der Waals surface area contributed by atoms with Crippen LogP contribution in [0.3, 0.4) is 0 Å². The minimum atomic E-state index is -0.828. The summed E-state index contributed by atoms with van der Waals surface area (Å²) in [6.45, 7) is 1.38. The minimum absolute atomic E-state index is 0.0597. The van der Waals surface area contributed by atoms with Crippen LogP contribution in [0, 0.1) is 11.8 Å². The molecule has 2 N–H and O–H groups in total. The Balaban J connectivity index is 1.41. The van der Waals surface area contributed by atoms with E-state index in [9.17, 15) is 9.90 Å². The van der Waals surface area contributed by atoms with Gasteiger partial charge in [-0.25, -0.2) is 4.79 Å². The molecule has 5 heteroatoms. The van der Waals surface area contributed by atoms with Gasteiger partial charge in [-0.05, 0) is 54.5 Å². The van der Waals surface area contributed by atoms with Crippen molar-refractivity contribution in [1.82, 2.24) is 4.90 Å². The van der Waals surface area contributed by atoms with Gasteiger partial charge in [-0.15, -0.1) is 0 Å². The molecule has 1 aliphatic heterocycles. The summed E-state index contributed by atoms with van der Waals surface area (Å²) in [5.41, 5.74) is 0.889. The zero-order chi connectivity index (χ0) is 18.1. The highest BCUT2D eigenvalue weighted by Crippen LogP contribution is 2.49. The Morgan fingerprint density at radius 1 is 1.12 bits per heavy atom. The highest BCUT2D eigenvalue weighted by atomic mass is 16.5. The Morgan fingerprint density at radius 2 is 1.81 bits per heavy atom. The summed E-state index contributed by atoms with van der Waals surface area (Å²) in [6.07, 6.45) is 1.36. The number of anilines is 1. The quantitative estimate of drug-likeness (QED) is 0.889. The van der Waals surface area contributed by atoms with Crippen LogP contribution in [0.4, 0.5) is 10.5 Å². The number of likely N-dealkylation sites (tertiary alicyclic amines) is 1. The molecule has 2 amide bonds. The van der Waals surface area contributed by atoms with E-state index in [2.05, 4.69) is 5.32 Å². The number of aliphatic hydroxyl groups is 1. The predicted octanol–water partition coefficient (Wildman–Crippen LogP) is 3.46. The normalized spacial score (nSPS) is 27.2. The van der Waals surface area contributed by atoms with Crippen LogP contribution in [-0.2, 0) is 5.60 Å². The molecular formula is C21H24N2O3. The van der Waals surface area contributed by atoms with Gasteiger partial charge in [0, 0.05) is 18.8 Å². The average Bonchev–Trinajstić information content (AvgIpc) is 3.18. The van der Waals surface area contributed by atoms with Crippen LogP contribution < -0.4 is 10.1 Å². The number of nitrogens with one attached hydrogen (secondary N) is 1. The number of carbonyl (C=O) groups is 1. The first-order valence-electron chi connectivity index (χ1n) is 9.05. The van der Waals surface area contributed by atoms with E-state index in [4.69, 9.17) is 4.74 Å². The fourth-order valence-electron chi connectivity index (χ4n) is 4.39. The number of hydrogen-bond donors (Lipinski definition) is 2. The summed E-state index contributed by atoms with van der Waals surface area (Å²) in [6, 6.07) is 17.1. The van der Waals surface area contributed by atoms with Crippen LogP contribution in [0.25, 0.3) is 0 Å². The summed E-state index contributed by atoms with van der Waals surface area (Å²) in [5, 5.41) is 14.1. The lowest BCUT2D eigenvalue weighted by atomic mass is 9.90. The van der Waals surface area contributed by atoms with E-state index in [1.807, 2.05) is 59.5 Å². The van der Waals surface area contributed by atoms with Crippen LogP contribution in [-0.4, -0.2) is 36.2 Å². The largest absolute Gasteiger partial charge is 0.497 e. The zero-order valence-electron chi connectivity index (χ0n) is 14.9. The first kappa shape index (κ1) is 16.9. The average molecular weight is 352 g/mol. The molecule has 2 aromatic carbocycles. The lowest BCUT2D eigenvalue weighted by Gasteiger charge is -2.27. The van der Waals surface area contributed by atoms with E-state index >= 15 is 0 Å². The summed E-state index contributed by atoms with van der Waals surface area (Å²) in [4.78, 5) is 14.4. The molecule has 1 saturated heterocycles.